The summed E-state index contributed by atoms with van der Waals surface area (Å²) < 4.78 is 30.0. The lowest BCUT2D eigenvalue weighted by Crippen LogP contribution is -2.59. The number of carbonyl (C=O) groups excluding carboxylic acids is 2. The van der Waals surface area contributed by atoms with Crippen molar-refractivity contribution in [3.8, 4) is 0 Å². The average Bonchev–Trinajstić information content (AvgIpc) is 3.17. The van der Waals surface area contributed by atoms with Crippen LogP contribution in [0.3, 0.4) is 0 Å². The molecule has 1 aromatic rings. The second kappa shape index (κ2) is 5.84. The fraction of sp³-hybridized carbons (Fsp3) is 0.600. The molecule has 1 aromatic carbocycles. The molecule has 0 bridgehead atoms. The van der Waals surface area contributed by atoms with Crippen LogP contribution in [0.2, 0.25) is 0 Å². The summed E-state index contributed by atoms with van der Waals surface area (Å²) in [5.74, 6) is -2.32. The normalized spacial score (nSPS) is 37.7. The first-order chi connectivity index (χ1) is 13.2. The highest BCUT2D eigenvalue weighted by molar-refractivity contribution is 6.21. The number of benzene rings is 1. The summed E-state index contributed by atoms with van der Waals surface area (Å²) in [5, 5.41) is 0. The number of hydrogen-bond donors (Lipinski definition) is 0. The first-order valence-electron chi connectivity index (χ1n) is 9.47. The second-order valence-electron chi connectivity index (χ2n) is 8.47. The number of amides is 2. The highest BCUT2D eigenvalue weighted by Gasteiger charge is 2.61. The Morgan fingerprint density at radius 1 is 0.821 bits per heavy atom. The van der Waals surface area contributed by atoms with E-state index in [2.05, 4.69) is 0 Å². The molecule has 4 heterocycles. The van der Waals surface area contributed by atoms with E-state index in [0.29, 0.717) is 11.1 Å². The Kier molecular flexibility index (Phi) is 3.80. The summed E-state index contributed by atoms with van der Waals surface area (Å²) in [7, 11) is 0. The molecule has 28 heavy (non-hydrogen) atoms. The van der Waals surface area contributed by atoms with Crippen LogP contribution in [-0.4, -0.2) is 65.5 Å². The molecule has 0 aromatic heterocycles. The van der Waals surface area contributed by atoms with Gasteiger partial charge in [0.1, 0.15) is 24.4 Å². The lowest BCUT2D eigenvalue weighted by atomic mass is 10.0. The maximum atomic E-state index is 12.7. The van der Waals surface area contributed by atoms with Crippen LogP contribution >= 0.6 is 0 Å². The molecule has 0 radical (unpaired) electrons. The van der Waals surface area contributed by atoms with Crippen LogP contribution < -0.4 is 0 Å². The van der Waals surface area contributed by atoms with Crippen molar-refractivity contribution in [2.75, 3.05) is 6.54 Å². The molecule has 8 nitrogen and oxygen atoms in total. The van der Waals surface area contributed by atoms with Crippen LogP contribution in [0.15, 0.2) is 24.3 Å². The van der Waals surface area contributed by atoms with Gasteiger partial charge in [0.25, 0.3) is 11.8 Å². The van der Waals surface area contributed by atoms with Crippen LogP contribution in [0.5, 0.6) is 0 Å². The van der Waals surface area contributed by atoms with Crippen molar-refractivity contribution in [1.29, 1.82) is 0 Å². The van der Waals surface area contributed by atoms with Crippen LogP contribution in [0, 0.1) is 0 Å². The third-order valence-corrected chi connectivity index (χ3v) is 5.49. The minimum Gasteiger partial charge on any atom is -0.343 e. The lowest BCUT2D eigenvalue weighted by molar-refractivity contribution is -0.343. The van der Waals surface area contributed by atoms with Crippen LogP contribution in [-0.2, 0) is 23.7 Å². The Morgan fingerprint density at radius 2 is 1.39 bits per heavy atom. The lowest BCUT2D eigenvalue weighted by Gasteiger charge is -2.44. The van der Waals surface area contributed by atoms with Crippen LogP contribution in [0.4, 0.5) is 0 Å². The van der Waals surface area contributed by atoms with Gasteiger partial charge in [-0.2, -0.15) is 0 Å². The zero-order valence-electron chi connectivity index (χ0n) is 16.2. The molecule has 0 aliphatic carbocycles. The van der Waals surface area contributed by atoms with Gasteiger partial charge in [0, 0.05) is 0 Å². The fourth-order valence-electron chi connectivity index (χ4n) is 4.45. The minimum atomic E-state index is -0.918. The Labute approximate surface area is 162 Å². The second-order valence-corrected chi connectivity index (χ2v) is 8.47. The molecule has 0 saturated carbocycles. The molecule has 0 spiro atoms. The van der Waals surface area contributed by atoms with E-state index in [0.717, 1.165) is 0 Å². The van der Waals surface area contributed by atoms with Crippen LogP contribution in [0.1, 0.15) is 48.4 Å². The molecule has 2 amide bonds. The van der Waals surface area contributed by atoms with E-state index >= 15 is 0 Å². The van der Waals surface area contributed by atoms with Gasteiger partial charge in [0.2, 0.25) is 0 Å². The van der Waals surface area contributed by atoms with Crippen molar-refractivity contribution in [3.05, 3.63) is 35.4 Å². The van der Waals surface area contributed by atoms with E-state index in [-0.39, 0.29) is 18.4 Å². The molecule has 3 saturated heterocycles. The van der Waals surface area contributed by atoms with Gasteiger partial charge in [-0.25, -0.2) is 0 Å². The number of rotatable bonds is 2. The Bertz CT molecular complexity index is 816. The predicted octanol–water partition coefficient (Wildman–Crippen LogP) is 1.68. The number of fused-ring (bicyclic) bond motifs is 4. The van der Waals surface area contributed by atoms with Gasteiger partial charge in [-0.1, -0.05) is 12.1 Å². The standard InChI is InChI=1S/C20H23NO7/c1-19(2)25-12(9-21-16(22)10-7-5-6-8-11(10)17(21)23)13-14(26-19)15-18(24-13)28-20(3,4)27-15/h5-8,12-15,18H,9H2,1-4H3/t12?,13-,14?,15?,18-/m1/s1. The molecule has 4 aliphatic heterocycles. The van der Waals surface area contributed by atoms with Gasteiger partial charge in [-0.05, 0) is 39.8 Å². The zero-order valence-corrected chi connectivity index (χ0v) is 16.2. The van der Waals surface area contributed by atoms with Crippen molar-refractivity contribution < 1.29 is 33.3 Å². The van der Waals surface area contributed by atoms with Gasteiger partial charge in [0.05, 0.1) is 17.7 Å². The van der Waals surface area contributed by atoms with E-state index < -0.39 is 42.3 Å². The summed E-state index contributed by atoms with van der Waals surface area (Å²) in [6, 6.07) is 6.81. The number of carbonyl (C=O) groups is 2. The third-order valence-electron chi connectivity index (χ3n) is 5.49. The minimum absolute atomic E-state index is 0.0726. The Balaban J connectivity index is 1.40. The molecule has 0 N–H and O–H groups in total. The van der Waals surface area contributed by atoms with Gasteiger partial charge in [-0.15, -0.1) is 0 Å². The monoisotopic (exact) mass is 389 g/mol. The summed E-state index contributed by atoms with van der Waals surface area (Å²) in [6.07, 6.45) is -2.46. The first kappa shape index (κ1) is 18.2. The molecule has 3 unspecified atom stereocenters. The quantitative estimate of drug-likeness (QED) is 0.712. The molecule has 3 fully saturated rings. The maximum absolute atomic E-state index is 12.7. The van der Waals surface area contributed by atoms with Gasteiger partial charge < -0.3 is 23.7 Å². The Morgan fingerprint density at radius 3 is 2.04 bits per heavy atom. The van der Waals surface area contributed by atoms with Crippen molar-refractivity contribution in [2.24, 2.45) is 0 Å². The Hall–Kier alpha value is -1.84. The number of hydrogen-bond acceptors (Lipinski definition) is 7. The molecular weight excluding hydrogens is 366 g/mol. The molecule has 5 atom stereocenters. The van der Waals surface area contributed by atoms with Gasteiger partial charge in [-0.3, -0.25) is 14.5 Å². The molecule has 8 heteroatoms. The van der Waals surface area contributed by atoms with Gasteiger partial charge in [0.15, 0.2) is 17.9 Å². The highest BCUT2D eigenvalue weighted by atomic mass is 16.9. The predicted molar refractivity (Wildman–Crippen MR) is 94.3 cm³/mol. The van der Waals surface area contributed by atoms with E-state index in [1.54, 1.807) is 38.1 Å². The zero-order chi connectivity index (χ0) is 19.8. The molecule has 4 aliphatic rings. The van der Waals surface area contributed by atoms with Crippen molar-refractivity contribution in [3.63, 3.8) is 0 Å². The summed E-state index contributed by atoms with van der Waals surface area (Å²) in [5.41, 5.74) is 0.820. The van der Waals surface area contributed by atoms with Crippen LogP contribution in [0.25, 0.3) is 0 Å². The SMILES string of the molecule is CC1(C)OC(CN2C(=O)c3ccccc3C2=O)[C@H]2O[C@@H]3OC(C)(C)OC3C2O1. The summed E-state index contributed by atoms with van der Waals surface area (Å²) in [4.78, 5) is 26.7. The molecule has 150 valence electrons. The number of imide groups is 1. The van der Waals surface area contributed by atoms with Gasteiger partial charge >= 0.3 is 0 Å². The van der Waals surface area contributed by atoms with Crippen molar-refractivity contribution in [2.45, 2.75) is 70.0 Å². The molecule has 5 rings (SSSR count). The maximum Gasteiger partial charge on any atom is 0.261 e. The van der Waals surface area contributed by atoms with E-state index in [1.165, 1.54) is 4.90 Å². The first-order valence-corrected chi connectivity index (χ1v) is 9.47. The number of ether oxygens (including phenoxy) is 5. The topological polar surface area (TPSA) is 83.5 Å². The highest BCUT2D eigenvalue weighted by Crippen LogP contribution is 2.44. The van der Waals surface area contributed by atoms with Crippen molar-refractivity contribution >= 4 is 11.8 Å². The fourth-order valence-corrected chi connectivity index (χ4v) is 4.45. The van der Waals surface area contributed by atoms with E-state index in [1.807, 2.05) is 13.8 Å². The smallest absolute Gasteiger partial charge is 0.261 e. The third kappa shape index (κ3) is 2.71. The summed E-state index contributed by atoms with van der Waals surface area (Å²) in [6.45, 7) is 7.32. The average molecular weight is 389 g/mol. The molecular formula is C20H23NO7. The van der Waals surface area contributed by atoms with E-state index in [9.17, 15) is 9.59 Å². The van der Waals surface area contributed by atoms with E-state index in [4.69, 9.17) is 23.7 Å². The summed E-state index contributed by atoms with van der Waals surface area (Å²) >= 11 is 0. The van der Waals surface area contributed by atoms with Crippen molar-refractivity contribution in [1.82, 2.24) is 4.90 Å². The largest absolute Gasteiger partial charge is 0.343 e. The number of nitrogens with zero attached hydrogens (tertiary/aromatic N) is 1.